The van der Waals surface area contributed by atoms with E-state index < -0.39 is 0 Å². The maximum atomic E-state index is 12.2. The van der Waals surface area contributed by atoms with E-state index in [2.05, 4.69) is 43.2 Å². The average molecular weight is 431 g/mol. The van der Waals surface area contributed by atoms with Gasteiger partial charge < -0.3 is 10.1 Å². The van der Waals surface area contributed by atoms with Gasteiger partial charge >= 0.3 is 0 Å². The van der Waals surface area contributed by atoms with Crippen molar-refractivity contribution in [3.05, 3.63) is 48.0 Å². The van der Waals surface area contributed by atoms with Crippen LogP contribution in [0.2, 0.25) is 0 Å². The largest absolute Gasteiger partial charge is 0.493 e. The Hall–Kier alpha value is -0.850. The second kappa shape index (κ2) is 6.10. The van der Waals surface area contributed by atoms with Crippen molar-refractivity contribution < 1.29 is 9.53 Å². The lowest BCUT2D eigenvalue weighted by molar-refractivity contribution is 0.0954. The van der Waals surface area contributed by atoms with E-state index in [1.165, 1.54) is 16.9 Å². The second-order valence-corrected chi connectivity index (χ2v) is 8.19. The second-order valence-electron chi connectivity index (χ2n) is 4.90. The molecule has 1 amide bonds. The van der Waals surface area contributed by atoms with Crippen LogP contribution in [-0.4, -0.2) is 12.5 Å². The van der Waals surface area contributed by atoms with Crippen LogP contribution >= 0.6 is 43.2 Å². The number of hydrogen-bond acceptors (Lipinski definition) is 3. The molecule has 0 fully saturated rings. The summed E-state index contributed by atoms with van der Waals surface area (Å²) in [5, 5.41) is 2.96. The van der Waals surface area contributed by atoms with Gasteiger partial charge in [0.15, 0.2) is 0 Å². The zero-order chi connectivity index (χ0) is 15.0. The lowest BCUT2D eigenvalue weighted by atomic mass is 10.1. The van der Waals surface area contributed by atoms with Crippen molar-refractivity contribution in [2.45, 2.75) is 19.9 Å². The maximum absolute atomic E-state index is 12.2. The molecule has 1 N–H and O–H groups in total. The normalized spacial score (nSPS) is 12.9. The zero-order valence-electron chi connectivity index (χ0n) is 11.3. The Kier molecular flexibility index (Phi) is 4.38. The highest BCUT2D eigenvalue weighted by atomic mass is 79.9. The van der Waals surface area contributed by atoms with Crippen molar-refractivity contribution >= 4 is 49.1 Å². The molecule has 0 atom stereocenters. The Morgan fingerprint density at radius 1 is 1.38 bits per heavy atom. The maximum Gasteiger partial charge on any atom is 0.261 e. The molecule has 1 aliphatic rings. The van der Waals surface area contributed by atoms with Gasteiger partial charge in [0.2, 0.25) is 0 Å². The molecule has 0 unspecified atom stereocenters. The highest BCUT2D eigenvalue weighted by Gasteiger charge is 2.18. The monoisotopic (exact) mass is 429 g/mol. The molecule has 110 valence electrons. The van der Waals surface area contributed by atoms with E-state index in [1.54, 1.807) is 0 Å². The molecule has 2 aromatic rings. The average Bonchev–Trinajstić information content (AvgIpc) is 3.03. The van der Waals surface area contributed by atoms with E-state index in [-0.39, 0.29) is 5.91 Å². The van der Waals surface area contributed by atoms with Crippen LogP contribution in [0.3, 0.4) is 0 Å². The summed E-state index contributed by atoms with van der Waals surface area (Å²) in [5.74, 6) is 0.863. The highest BCUT2D eigenvalue weighted by Crippen LogP contribution is 2.33. The first-order valence-electron chi connectivity index (χ1n) is 6.53. The summed E-state index contributed by atoms with van der Waals surface area (Å²) in [4.78, 5) is 12.9. The van der Waals surface area contributed by atoms with Gasteiger partial charge in [-0.2, -0.15) is 0 Å². The van der Waals surface area contributed by atoms with Crippen LogP contribution in [0.25, 0.3) is 0 Å². The number of rotatable bonds is 3. The summed E-state index contributed by atoms with van der Waals surface area (Å²) in [5.41, 5.74) is 3.29. The number of amides is 1. The molecule has 0 aliphatic carbocycles. The lowest BCUT2D eigenvalue weighted by Gasteiger charge is -2.10. The number of carbonyl (C=O) groups excluding carboxylic acids is 1. The fraction of sp³-hybridized carbons (Fsp3) is 0.267. The number of thiophene rings is 1. The van der Waals surface area contributed by atoms with Crippen LogP contribution in [0.5, 0.6) is 5.75 Å². The molecular formula is C15H13Br2NO2S. The molecule has 3 rings (SSSR count). The predicted octanol–water partition coefficient (Wildman–Crippen LogP) is 4.45. The summed E-state index contributed by atoms with van der Waals surface area (Å²) < 4.78 is 7.69. The summed E-state index contributed by atoms with van der Waals surface area (Å²) in [6, 6.07) is 5.97. The minimum atomic E-state index is -0.0551. The summed E-state index contributed by atoms with van der Waals surface area (Å²) in [6.07, 6.45) is 0.923. The standard InChI is InChI=1S/C15H13Br2NO2S/c1-8-4-12(21-14(8)17)15(19)18-7-10-6-11(16)5-9-2-3-20-13(9)10/h4-6H,2-3,7H2,1H3,(H,18,19). The topological polar surface area (TPSA) is 38.3 Å². The molecule has 3 nitrogen and oxygen atoms in total. The van der Waals surface area contributed by atoms with E-state index in [4.69, 9.17) is 4.74 Å². The first-order chi connectivity index (χ1) is 10.0. The Bertz CT molecular complexity index is 692. The van der Waals surface area contributed by atoms with Crippen molar-refractivity contribution in [2.24, 2.45) is 0 Å². The minimum Gasteiger partial charge on any atom is -0.493 e. The first-order valence-corrected chi connectivity index (χ1v) is 8.93. The predicted molar refractivity (Wildman–Crippen MR) is 91.3 cm³/mol. The number of fused-ring (bicyclic) bond motifs is 1. The SMILES string of the molecule is Cc1cc(C(=O)NCc2cc(Br)cc3c2OCC3)sc1Br. The quantitative estimate of drug-likeness (QED) is 0.781. The number of halogens is 2. The van der Waals surface area contributed by atoms with Gasteiger partial charge in [-0.15, -0.1) is 11.3 Å². The third-order valence-corrected chi connectivity index (χ3v) is 5.94. The summed E-state index contributed by atoms with van der Waals surface area (Å²) >= 11 is 8.40. The van der Waals surface area contributed by atoms with E-state index in [0.29, 0.717) is 18.0 Å². The van der Waals surface area contributed by atoms with E-state index in [0.717, 1.165) is 31.6 Å². The van der Waals surface area contributed by atoms with Gasteiger partial charge in [-0.1, -0.05) is 15.9 Å². The van der Waals surface area contributed by atoms with Gasteiger partial charge in [-0.25, -0.2) is 0 Å². The van der Waals surface area contributed by atoms with Crippen molar-refractivity contribution in [3.63, 3.8) is 0 Å². The molecule has 1 aliphatic heterocycles. The molecule has 2 heterocycles. The lowest BCUT2D eigenvalue weighted by Crippen LogP contribution is -2.22. The highest BCUT2D eigenvalue weighted by molar-refractivity contribution is 9.11. The van der Waals surface area contributed by atoms with Gasteiger partial charge in [0.25, 0.3) is 5.91 Å². The van der Waals surface area contributed by atoms with Crippen molar-refractivity contribution in [3.8, 4) is 5.75 Å². The van der Waals surface area contributed by atoms with Gasteiger partial charge in [0.1, 0.15) is 5.75 Å². The Morgan fingerprint density at radius 2 is 2.19 bits per heavy atom. The zero-order valence-corrected chi connectivity index (χ0v) is 15.3. The smallest absolute Gasteiger partial charge is 0.261 e. The minimum absolute atomic E-state index is 0.0551. The number of benzene rings is 1. The van der Waals surface area contributed by atoms with Crippen LogP contribution in [-0.2, 0) is 13.0 Å². The number of ether oxygens (including phenoxy) is 1. The molecule has 0 bridgehead atoms. The van der Waals surface area contributed by atoms with Gasteiger partial charge in [-0.3, -0.25) is 4.79 Å². The molecule has 0 saturated heterocycles. The number of hydrogen-bond donors (Lipinski definition) is 1. The summed E-state index contributed by atoms with van der Waals surface area (Å²) in [6.45, 7) is 3.16. The molecule has 0 saturated carbocycles. The van der Waals surface area contributed by atoms with Crippen LogP contribution < -0.4 is 10.1 Å². The van der Waals surface area contributed by atoms with Crippen LogP contribution in [0.1, 0.15) is 26.4 Å². The summed E-state index contributed by atoms with van der Waals surface area (Å²) in [7, 11) is 0. The molecule has 0 spiro atoms. The van der Waals surface area contributed by atoms with Gasteiger partial charge in [-0.05, 0) is 52.2 Å². The fourth-order valence-electron chi connectivity index (χ4n) is 2.31. The molecule has 21 heavy (non-hydrogen) atoms. The first kappa shape index (κ1) is 15.1. The number of carbonyl (C=O) groups is 1. The Morgan fingerprint density at radius 3 is 2.90 bits per heavy atom. The van der Waals surface area contributed by atoms with E-state index >= 15 is 0 Å². The third-order valence-electron chi connectivity index (χ3n) is 3.35. The van der Waals surface area contributed by atoms with Gasteiger partial charge in [0.05, 0.1) is 15.3 Å². The van der Waals surface area contributed by atoms with E-state index in [9.17, 15) is 4.79 Å². The Labute approximate surface area is 144 Å². The number of nitrogens with one attached hydrogen (secondary N) is 1. The Balaban J connectivity index is 1.75. The van der Waals surface area contributed by atoms with Crippen LogP contribution in [0, 0.1) is 6.92 Å². The van der Waals surface area contributed by atoms with E-state index in [1.807, 2.05) is 19.1 Å². The fourth-order valence-corrected chi connectivity index (χ4v) is 4.32. The number of aryl methyl sites for hydroxylation is 1. The van der Waals surface area contributed by atoms with Gasteiger partial charge in [0, 0.05) is 23.0 Å². The molecule has 6 heteroatoms. The molecule has 1 aromatic carbocycles. The van der Waals surface area contributed by atoms with Crippen molar-refractivity contribution in [2.75, 3.05) is 6.61 Å². The molecule has 0 radical (unpaired) electrons. The molecule has 1 aromatic heterocycles. The van der Waals surface area contributed by atoms with Crippen molar-refractivity contribution in [1.82, 2.24) is 5.32 Å². The van der Waals surface area contributed by atoms with Crippen LogP contribution in [0.15, 0.2) is 26.5 Å². The third kappa shape index (κ3) is 3.17. The van der Waals surface area contributed by atoms with Crippen molar-refractivity contribution in [1.29, 1.82) is 0 Å². The van der Waals surface area contributed by atoms with Crippen LogP contribution in [0.4, 0.5) is 0 Å². The molecular weight excluding hydrogens is 418 g/mol.